The lowest BCUT2D eigenvalue weighted by atomic mass is 9.98. The Kier molecular flexibility index (Phi) is 12.7. The summed E-state index contributed by atoms with van der Waals surface area (Å²) in [5.41, 5.74) is -1.33. The molecule has 16 heteroatoms. The summed E-state index contributed by atoms with van der Waals surface area (Å²) >= 11 is 0. The Hall–Kier alpha value is -3.70. The number of carbonyl (C=O) groups excluding carboxylic acids is 1. The van der Waals surface area contributed by atoms with Gasteiger partial charge in [-0.2, -0.15) is 26.3 Å². The molecule has 0 radical (unpaired) electrons. The van der Waals surface area contributed by atoms with E-state index in [1.807, 2.05) is 42.3 Å². The lowest BCUT2D eigenvalue weighted by Crippen LogP contribution is -2.56. The number of ether oxygens (including phenoxy) is 3. The molecule has 5 rings (SSSR count). The van der Waals surface area contributed by atoms with Gasteiger partial charge in [0.25, 0.3) is 5.91 Å². The Morgan fingerprint density at radius 1 is 0.941 bits per heavy atom. The van der Waals surface area contributed by atoms with Gasteiger partial charge in [-0.15, -0.1) is 0 Å². The predicted octanol–water partition coefficient (Wildman–Crippen LogP) is 5.33. The Morgan fingerprint density at radius 2 is 1.59 bits per heavy atom. The van der Waals surface area contributed by atoms with Crippen LogP contribution < -0.4 is 0 Å². The van der Waals surface area contributed by atoms with Crippen molar-refractivity contribution in [3.8, 4) is 0 Å². The molecule has 2 aliphatic heterocycles. The van der Waals surface area contributed by atoms with Crippen LogP contribution in [-0.4, -0.2) is 129 Å². The molecule has 280 valence electrons. The number of rotatable bonds is 13. The number of carbonyl (C=O) groups is 1. The van der Waals surface area contributed by atoms with E-state index in [1.54, 1.807) is 14.2 Å². The SMILES string of the molecule is COC[C@@H]1COC[C@@H](COC)N1CCON=C(C)CN1CCN(C(=O)c2cc(C(F)(F)F)cc(C(F)(F)F)c2)[C@H](Cc2c[nH]c3ccccc23)C1. The number of aromatic amines is 1. The quantitative estimate of drug-likeness (QED) is 0.110. The third-order valence-corrected chi connectivity index (χ3v) is 9.18. The van der Waals surface area contributed by atoms with Crippen molar-refractivity contribution < 1.29 is 50.2 Å². The first-order valence-corrected chi connectivity index (χ1v) is 16.6. The third kappa shape index (κ3) is 9.80. The van der Waals surface area contributed by atoms with Crippen LogP contribution >= 0.6 is 0 Å². The molecule has 0 aliphatic carbocycles. The number of benzene rings is 2. The summed E-state index contributed by atoms with van der Waals surface area (Å²) in [6.45, 7) is 5.81. The van der Waals surface area contributed by atoms with Gasteiger partial charge in [-0.05, 0) is 43.2 Å². The van der Waals surface area contributed by atoms with Crippen molar-refractivity contribution in [3.63, 3.8) is 0 Å². The number of nitrogens with zero attached hydrogens (tertiary/aromatic N) is 4. The van der Waals surface area contributed by atoms with Crippen molar-refractivity contribution in [1.82, 2.24) is 19.7 Å². The summed E-state index contributed by atoms with van der Waals surface area (Å²) in [6.07, 6.45) is -8.02. The van der Waals surface area contributed by atoms with Crippen molar-refractivity contribution in [2.75, 3.05) is 80.0 Å². The van der Waals surface area contributed by atoms with Crippen molar-refractivity contribution in [2.24, 2.45) is 5.16 Å². The molecular weight excluding hydrogens is 684 g/mol. The van der Waals surface area contributed by atoms with Gasteiger partial charge in [0.05, 0.1) is 55.3 Å². The average molecular weight is 728 g/mol. The smallest absolute Gasteiger partial charge is 0.394 e. The molecule has 10 nitrogen and oxygen atoms in total. The van der Waals surface area contributed by atoms with Gasteiger partial charge in [0.15, 0.2) is 0 Å². The molecule has 2 aliphatic rings. The average Bonchev–Trinajstić information content (AvgIpc) is 3.49. The summed E-state index contributed by atoms with van der Waals surface area (Å²) in [7, 11) is 3.27. The molecule has 0 unspecified atom stereocenters. The number of hydrogen-bond donors (Lipinski definition) is 1. The second kappa shape index (κ2) is 16.8. The van der Waals surface area contributed by atoms with Crippen LogP contribution in [0.2, 0.25) is 0 Å². The number of H-pyrrole nitrogens is 1. The van der Waals surface area contributed by atoms with Crippen molar-refractivity contribution in [2.45, 2.75) is 43.8 Å². The van der Waals surface area contributed by atoms with E-state index >= 15 is 0 Å². The summed E-state index contributed by atoms with van der Waals surface area (Å²) in [5.74, 6) is -0.897. The van der Waals surface area contributed by atoms with E-state index in [1.165, 1.54) is 4.90 Å². The van der Waals surface area contributed by atoms with Crippen LogP contribution in [-0.2, 0) is 37.8 Å². The fraction of sp³-hybridized carbons (Fsp3) is 0.543. The molecule has 1 N–H and O–H groups in total. The van der Waals surface area contributed by atoms with Gasteiger partial charge in [-0.3, -0.25) is 14.6 Å². The molecule has 51 heavy (non-hydrogen) atoms. The first kappa shape index (κ1) is 38.5. The van der Waals surface area contributed by atoms with E-state index in [-0.39, 0.29) is 24.7 Å². The lowest BCUT2D eigenvalue weighted by molar-refractivity contribution is -0.143. The number of piperazine rings is 1. The highest BCUT2D eigenvalue weighted by Gasteiger charge is 2.39. The maximum atomic E-state index is 13.8. The number of methoxy groups -OCH3 is 2. The maximum Gasteiger partial charge on any atom is 0.416 e. The monoisotopic (exact) mass is 727 g/mol. The zero-order valence-corrected chi connectivity index (χ0v) is 28.7. The number of oxime groups is 1. The van der Waals surface area contributed by atoms with Crippen LogP contribution in [0.3, 0.4) is 0 Å². The zero-order chi connectivity index (χ0) is 36.8. The maximum absolute atomic E-state index is 13.8. The Balaban J connectivity index is 1.30. The minimum Gasteiger partial charge on any atom is -0.394 e. The standard InChI is InChI=1S/C35H43F6N5O5/c1-23(43-51-11-10-45-29(19-48-2)21-50-22-30(45)20-49-3)17-44-8-9-46(28(18-44)14-25-16-42-32-7-5-4-6-31(25)32)33(47)24-12-26(34(36,37)38)15-27(13-24)35(39,40)41/h4-7,12-13,15-16,28-30,42H,8-11,14,17-22H2,1-3H3/t28-,29-,30-/m1/s1. The van der Waals surface area contributed by atoms with E-state index in [9.17, 15) is 31.1 Å². The number of nitrogens with one attached hydrogen (secondary N) is 1. The summed E-state index contributed by atoms with van der Waals surface area (Å²) < 4.78 is 98.4. The van der Waals surface area contributed by atoms with Crippen LogP contribution in [0, 0.1) is 0 Å². The van der Waals surface area contributed by atoms with E-state index in [2.05, 4.69) is 15.0 Å². The summed E-state index contributed by atoms with van der Waals surface area (Å²) in [4.78, 5) is 28.4. The van der Waals surface area contributed by atoms with Crippen LogP contribution in [0.4, 0.5) is 26.3 Å². The van der Waals surface area contributed by atoms with Gasteiger partial charge >= 0.3 is 12.4 Å². The largest absolute Gasteiger partial charge is 0.416 e. The van der Waals surface area contributed by atoms with Crippen molar-refractivity contribution >= 4 is 22.5 Å². The molecule has 2 fully saturated rings. The molecule has 1 amide bonds. The van der Waals surface area contributed by atoms with E-state index in [4.69, 9.17) is 19.0 Å². The van der Waals surface area contributed by atoms with E-state index < -0.39 is 41.0 Å². The fourth-order valence-electron chi connectivity index (χ4n) is 6.83. The number of alkyl halides is 6. The lowest BCUT2D eigenvalue weighted by Gasteiger charge is -2.41. The van der Waals surface area contributed by atoms with Crippen LogP contribution in [0.5, 0.6) is 0 Å². The summed E-state index contributed by atoms with van der Waals surface area (Å²) in [5, 5.41) is 5.22. The van der Waals surface area contributed by atoms with Crippen molar-refractivity contribution in [1.29, 1.82) is 0 Å². The molecular formula is C35H43F6N5O5. The highest BCUT2D eigenvalue weighted by atomic mass is 19.4. The molecule has 0 spiro atoms. The zero-order valence-electron chi connectivity index (χ0n) is 28.7. The second-order valence-corrected chi connectivity index (χ2v) is 12.9. The number of aromatic nitrogens is 1. The predicted molar refractivity (Wildman–Crippen MR) is 178 cm³/mol. The van der Waals surface area contributed by atoms with Gasteiger partial charge < -0.3 is 28.9 Å². The highest BCUT2D eigenvalue weighted by molar-refractivity contribution is 5.95. The van der Waals surface area contributed by atoms with E-state index in [0.29, 0.717) is 83.5 Å². The second-order valence-electron chi connectivity index (χ2n) is 12.9. The Labute approximate surface area is 292 Å². The molecule has 3 heterocycles. The van der Waals surface area contributed by atoms with Crippen LogP contribution in [0.15, 0.2) is 53.8 Å². The number of hydrogen-bond acceptors (Lipinski definition) is 8. The van der Waals surface area contributed by atoms with Gasteiger partial charge in [-0.1, -0.05) is 23.4 Å². The first-order valence-electron chi connectivity index (χ1n) is 16.6. The fourth-order valence-corrected chi connectivity index (χ4v) is 6.83. The number of fused-ring (bicyclic) bond motifs is 1. The minimum absolute atomic E-state index is 0.0270. The van der Waals surface area contributed by atoms with Gasteiger partial charge in [0.2, 0.25) is 0 Å². The van der Waals surface area contributed by atoms with E-state index in [0.717, 1.165) is 16.5 Å². The molecule has 0 bridgehead atoms. The van der Waals surface area contributed by atoms with Crippen LogP contribution in [0.1, 0.15) is 34.0 Å². The molecule has 0 saturated carbocycles. The summed E-state index contributed by atoms with van der Waals surface area (Å²) in [6, 6.07) is 8.07. The van der Waals surface area contributed by atoms with Gasteiger partial charge in [-0.25, -0.2) is 0 Å². The first-order chi connectivity index (χ1) is 24.3. The Morgan fingerprint density at radius 3 is 2.22 bits per heavy atom. The third-order valence-electron chi connectivity index (χ3n) is 9.18. The Bertz CT molecular complexity index is 1600. The number of amides is 1. The number of para-hydroxylation sites is 1. The molecule has 3 aromatic rings. The molecule has 2 saturated heterocycles. The van der Waals surface area contributed by atoms with Gasteiger partial charge in [0, 0.05) is 75.6 Å². The topological polar surface area (TPSA) is 91.9 Å². The molecule has 2 aromatic carbocycles. The number of halogens is 6. The normalized spacial score (nSPS) is 21.4. The molecule has 1 aromatic heterocycles. The van der Waals surface area contributed by atoms with Crippen LogP contribution in [0.25, 0.3) is 10.9 Å². The van der Waals surface area contributed by atoms with Gasteiger partial charge in [0.1, 0.15) is 6.61 Å². The minimum atomic E-state index is -5.07. The molecule has 3 atom stereocenters. The number of morpholine rings is 1. The van der Waals surface area contributed by atoms with Crippen molar-refractivity contribution in [3.05, 3.63) is 70.9 Å². The highest BCUT2D eigenvalue weighted by Crippen LogP contribution is 2.37.